The Morgan fingerprint density at radius 3 is 2.40 bits per heavy atom. The van der Waals surface area contributed by atoms with Gasteiger partial charge in [-0.25, -0.2) is 4.39 Å². The van der Waals surface area contributed by atoms with Gasteiger partial charge in [0.15, 0.2) is 0 Å². The van der Waals surface area contributed by atoms with Gasteiger partial charge in [0.05, 0.1) is 5.02 Å². The van der Waals surface area contributed by atoms with Crippen molar-refractivity contribution in [3.05, 3.63) is 34.1 Å². The third kappa shape index (κ3) is 4.63. The van der Waals surface area contributed by atoms with Crippen molar-refractivity contribution < 1.29 is 4.39 Å². The molecule has 0 atom stereocenters. The van der Waals surface area contributed by atoms with Gasteiger partial charge >= 0.3 is 0 Å². The summed E-state index contributed by atoms with van der Waals surface area (Å²) in [5, 5.41) is 0.201. The smallest absolute Gasteiger partial charge is 0.144 e. The Bertz CT molecular complexity index is 277. The van der Waals surface area contributed by atoms with Gasteiger partial charge in [-0.2, -0.15) is 0 Å². The van der Waals surface area contributed by atoms with Crippen LogP contribution in [0, 0.1) is 12.7 Å². The van der Waals surface area contributed by atoms with E-state index in [0.717, 1.165) is 18.4 Å². The van der Waals surface area contributed by atoms with Crippen LogP contribution >= 0.6 is 11.6 Å². The molecule has 1 rings (SSSR count). The van der Waals surface area contributed by atoms with Gasteiger partial charge in [0.25, 0.3) is 0 Å². The number of aryl methyl sites for hydroxylation is 2. The fourth-order valence-electron chi connectivity index (χ4n) is 1.25. The molecule has 0 aliphatic heterocycles. The molecular formula is C12H19ClFN. The molecule has 0 spiro atoms. The number of halogens is 2. The molecule has 1 nitrogen and oxygen atoms in total. The lowest BCUT2D eigenvalue weighted by molar-refractivity contribution is 0.617. The van der Waals surface area contributed by atoms with Gasteiger partial charge in [0.2, 0.25) is 0 Å². The highest BCUT2D eigenvalue weighted by Gasteiger charge is 2.04. The average molecular weight is 232 g/mol. The predicted octanol–water partition coefficient (Wildman–Crippen LogP) is 3.71. The van der Waals surface area contributed by atoms with Crippen LogP contribution in [-0.2, 0) is 6.42 Å². The normalized spacial score (nSPS) is 9.47. The van der Waals surface area contributed by atoms with Gasteiger partial charge in [0, 0.05) is 0 Å². The van der Waals surface area contributed by atoms with Crippen molar-refractivity contribution in [1.29, 1.82) is 0 Å². The van der Waals surface area contributed by atoms with E-state index >= 15 is 0 Å². The van der Waals surface area contributed by atoms with Gasteiger partial charge in [-0.05, 0) is 43.5 Å². The molecule has 0 aliphatic carbocycles. The van der Waals surface area contributed by atoms with Crippen LogP contribution in [0.5, 0.6) is 0 Å². The van der Waals surface area contributed by atoms with E-state index in [-0.39, 0.29) is 10.8 Å². The van der Waals surface area contributed by atoms with Crippen LogP contribution < -0.4 is 5.73 Å². The van der Waals surface area contributed by atoms with Crippen LogP contribution in [0.25, 0.3) is 0 Å². The molecule has 0 unspecified atom stereocenters. The van der Waals surface area contributed by atoms with Crippen LogP contribution in [0.4, 0.5) is 4.39 Å². The summed E-state index contributed by atoms with van der Waals surface area (Å²) in [6.07, 6.45) is 1.76. The zero-order chi connectivity index (χ0) is 11.8. The Labute approximate surface area is 96.4 Å². The molecule has 1 aromatic rings. The average Bonchev–Trinajstić information content (AvgIpc) is 2.25. The fraction of sp³-hybridized carbons (Fsp3) is 0.500. The second-order valence-corrected chi connectivity index (χ2v) is 3.51. The van der Waals surface area contributed by atoms with Gasteiger partial charge in [-0.3, -0.25) is 0 Å². The molecule has 0 aliphatic rings. The highest BCUT2D eigenvalue weighted by molar-refractivity contribution is 6.30. The van der Waals surface area contributed by atoms with Gasteiger partial charge < -0.3 is 5.73 Å². The molecule has 0 heterocycles. The van der Waals surface area contributed by atoms with Gasteiger partial charge in [-0.15, -0.1) is 0 Å². The molecule has 86 valence electrons. The first-order valence-electron chi connectivity index (χ1n) is 5.29. The maximum Gasteiger partial charge on any atom is 0.144 e. The Hall–Kier alpha value is -0.600. The molecule has 0 amide bonds. The van der Waals surface area contributed by atoms with E-state index in [1.165, 1.54) is 0 Å². The van der Waals surface area contributed by atoms with Crippen molar-refractivity contribution in [3.63, 3.8) is 0 Å². The van der Waals surface area contributed by atoms with Gasteiger partial charge in [-0.1, -0.05) is 31.5 Å². The summed E-state index contributed by atoms with van der Waals surface area (Å²) >= 11 is 5.69. The Morgan fingerprint density at radius 1 is 1.33 bits per heavy atom. The highest BCUT2D eigenvalue weighted by Crippen LogP contribution is 2.20. The van der Waals surface area contributed by atoms with Crippen LogP contribution in [0.3, 0.4) is 0 Å². The van der Waals surface area contributed by atoms with E-state index < -0.39 is 0 Å². The Morgan fingerprint density at radius 2 is 1.93 bits per heavy atom. The van der Waals surface area contributed by atoms with E-state index in [0.29, 0.717) is 12.1 Å². The molecule has 0 radical (unpaired) electrons. The lowest BCUT2D eigenvalue weighted by Gasteiger charge is -2.04. The molecular weight excluding hydrogens is 213 g/mol. The van der Waals surface area contributed by atoms with Crippen molar-refractivity contribution in [1.82, 2.24) is 0 Å². The monoisotopic (exact) mass is 231 g/mol. The van der Waals surface area contributed by atoms with Crippen molar-refractivity contribution in [2.75, 3.05) is 6.54 Å². The second-order valence-electron chi connectivity index (χ2n) is 3.10. The molecule has 15 heavy (non-hydrogen) atoms. The molecule has 2 N–H and O–H groups in total. The van der Waals surface area contributed by atoms with E-state index in [4.69, 9.17) is 17.3 Å². The summed E-state index contributed by atoms with van der Waals surface area (Å²) in [4.78, 5) is 0. The minimum Gasteiger partial charge on any atom is -0.330 e. The van der Waals surface area contributed by atoms with Crippen LogP contribution in [-0.4, -0.2) is 6.54 Å². The summed E-state index contributed by atoms with van der Waals surface area (Å²) in [5.41, 5.74) is 7.02. The first-order chi connectivity index (χ1) is 7.15. The number of benzene rings is 1. The summed E-state index contributed by atoms with van der Waals surface area (Å²) in [6, 6.07) is 3.48. The molecule has 0 saturated heterocycles. The third-order valence-electron chi connectivity index (χ3n) is 1.94. The number of nitrogens with two attached hydrogens (primary N) is 1. The Kier molecular flexibility index (Phi) is 7.35. The van der Waals surface area contributed by atoms with Crippen molar-refractivity contribution in [2.24, 2.45) is 5.73 Å². The summed E-state index contributed by atoms with van der Waals surface area (Å²) < 4.78 is 13.1. The maximum absolute atomic E-state index is 13.1. The Balaban J connectivity index is 0.000000921. The second kappa shape index (κ2) is 7.66. The lowest BCUT2D eigenvalue weighted by atomic mass is 10.1. The molecule has 0 fully saturated rings. The van der Waals surface area contributed by atoms with Gasteiger partial charge in [0.1, 0.15) is 5.82 Å². The molecule has 0 aromatic heterocycles. The van der Waals surface area contributed by atoms with Crippen LogP contribution in [0.1, 0.15) is 31.4 Å². The zero-order valence-electron chi connectivity index (χ0n) is 9.61. The number of hydrogen-bond acceptors (Lipinski definition) is 1. The van der Waals surface area contributed by atoms with E-state index in [1.807, 2.05) is 19.9 Å². The first kappa shape index (κ1) is 14.4. The quantitative estimate of drug-likeness (QED) is 0.844. The minimum absolute atomic E-state index is 0.201. The molecule has 0 saturated carbocycles. The standard InChI is InChI=1S/C10H13ClFN.C2H6/c1-7-5-8(3-2-4-13)6-9(11)10(7)12;1-2/h5-6H,2-4,13H2,1H3;1-2H3. The highest BCUT2D eigenvalue weighted by atomic mass is 35.5. The van der Waals surface area contributed by atoms with E-state index in [2.05, 4.69) is 0 Å². The third-order valence-corrected chi connectivity index (χ3v) is 2.21. The maximum atomic E-state index is 13.1. The van der Waals surface area contributed by atoms with Crippen molar-refractivity contribution in [3.8, 4) is 0 Å². The molecule has 1 aromatic carbocycles. The summed E-state index contributed by atoms with van der Waals surface area (Å²) in [7, 11) is 0. The van der Waals surface area contributed by atoms with E-state index in [9.17, 15) is 4.39 Å². The zero-order valence-corrected chi connectivity index (χ0v) is 10.4. The topological polar surface area (TPSA) is 26.0 Å². The molecule has 0 bridgehead atoms. The fourth-order valence-corrected chi connectivity index (χ4v) is 1.54. The predicted molar refractivity (Wildman–Crippen MR) is 64.9 cm³/mol. The lowest BCUT2D eigenvalue weighted by Crippen LogP contribution is -2.00. The number of hydrogen-bond donors (Lipinski definition) is 1. The van der Waals surface area contributed by atoms with E-state index in [1.54, 1.807) is 13.0 Å². The molecule has 3 heteroatoms. The van der Waals surface area contributed by atoms with Crippen molar-refractivity contribution >= 4 is 11.6 Å². The summed E-state index contributed by atoms with van der Waals surface area (Å²) in [5.74, 6) is -0.321. The van der Waals surface area contributed by atoms with Crippen LogP contribution in [0.15, 0.2) is 12.1 Å². The van der Waals surface area contributed by atoms with Crippen LogP contribution in [0.2, 0.25) is 5.02 Å². The largest absolute Gasteiger partial charge is 0.330 e. The minimum atomic E-state index is -0.321. The number of rotatable bonds is 3. The summed E-state index contributed by atoms with van der Waals surface area (Å²) in [6.45, 7) is 6.36. The van der Waals surface area contributed by atoms with Crippen molar-refractivity contribution in [2.45, 2.75) is 33.6 Å². The first-order valence-corrected chi connectivity index (χ1v) is 5.67. The SMILES string of the molecule is CC.Cc1cc(CCCN)cc(Cl)c1F.